The van der Waals surface area contributed by atoms with E-state index in [4.69, 9.17) is 4.74 Å². The van der Waals surface area contributed by atoms with E-state index in [0.717, 1.165) is 5.82 Å². The van der Waals surface area contributed by atoms with Crippen molar-refractivity contribution in [1.82, 2.24) is 14.8 Å². The van der Waals surface area contributed by atoms with Crippen LogP contribution in [0.4, 0.5) is 0 Å². The highest BCUT2D eigenvalue weighted by atomic mass is 32.2. The second-order valence-corrected chi connectivity index (χ2v) is 9.55. The van der Waals surface area contributed by atoms with E-state index < -0.39 is 9.84 Å². The number of aromatic nitrogens is 3. The molecule has 26 heavy (non-hydrogen) atoms. The number of ether oxygens (including phenoxy) is 1. The van der Waals surface area contributed by atoms with Crippen molar-refractivity contribution < 1.29 is 17.9 Å². The SMILES string of the molecule is COc1cccc(C(=O)CSc2nnc(CC3CCS(=O)(=O)C3)n2C)c1. The predicted octanol–water partition coefficient (Wildman–Crippen LogP) is 1.78. The number of nitrogens with zero attached hydrogens (tertiary/aromatic N) is 3. The van der Waals surface area contributed by atoms with Crippen LogP contribution in [-0.4, -0.2) is 53.3 Å². The Bertz CT molecular complexity index is 908. The standard InChI is InChI=1S/C17H21N3O4S2/c1-20-16(8-12-6-7-26(22,23)11-12)18-19-17(20)25-10-15(21)13-4-3-5-14(9-13)24-2/h3-5,9,12H,6-8,10-11H2,1-2H3. The monoisotopic (exact) mass is 395 g/mol. The average molecular weight is 396 g/mol. The summed E-state index contributed by atoms with van der Waals surface area (Å²) in [6, 6.07) is 7.05. The summed E-state index contributed by atoms with van der Waals surface area (Å²) in [5, 5.41) is 8.96. The molecule has 1 aromatic heterocycles. The molecule has 140 valence electrons. The Kier molecular flexibility index (Phi) is 5.67. The molecular formula is C17H21N3O4S2. The Morgan fingerprint density at radius 1 is 1.38 bits per heavy atom. The summed E-state index contributed by atoms with van der Waals surface area (Å²) in [5.41, 5.74) is 0.593. The van der Waals surface area contributed by atoms with Gasteiger partial charge in [-0.2, -0.15) is 0 Å². The first kappa shape index (κ1) is 18.9. The van der Waals surface area contributed by atoms with Crippen LogP contribution < -0.4 is 4.74 Å². The number of carbonyl (C=O) groups excluding carboxylic acids is 1. The van der Waals surface area contributed by atoms with Gasteiger partial charge >= 0.3 is 0 Å². The molecule has 0 bridgehead atoms. The van der Waals surface area contributed by atoms with Gasteiger partial charge in [0, 0.05) is 19.0 Å². The topological polar surface area (TPSA) is 91.2 Å². The second kappa shape index (κ2) is 7.79. The van der Waals surface area contributed by atoms with Crippen molar-refractivity contribution in [2.45, 2.75) is 18.0 Å². The van der Waals surface area contributed by atoms with Gasteiger partial charge in [-0.3, -0.25) is 4.79 Å². The Hall–Kier alpha value is -1.87. The van der Waals surface area contributed by atoms with E-state index in [-0.39, 0.29) is 29.0 Å². The highest BCUT2D eigenvalue weighted by molar-refractivity contribution is 7.99. The Labute approximate surface area is 157 Å². The number of ketones is 1. The summed E-state index contributed by atoms with van der Waals surface area (Å²) in [5.74, 6) is 2.20. The quantitative estimate of drug-likeness (QED) is 0.521. The summed E-state index contributed by atoms with van der Waals surface area (Å²) in [6.07, 6.45) is 1.26. The van der Waals surface area contributed by atoms with E-state index in [0.29, 0.717) is 29.3 Å². The van der Waals surface area contributed by atoms with Crippen LogP contribution in [0.2, 0.25) is 0 Å². The molecule has 1 atom stereocenters. The Morgan fingerprint density at radius 3 is 2.88 bits per heavy atom. The zero-order chi connectivity index (χ0) is 18.7. The number of hydrogen-bond donors (Lipinski definition) is 0. The molecule has 1 aliphatic heterocycles. The van der Waals surface area contributed by atoms with Crippen LogP contribution in [-0.2, 0) is 23.3 Å². The first-order valence-corrected chi connectivity index (χ1v) is 11.1. The zero-order valence-corrected chi connectivity index (χ0v) is 16.3. The van der Waals surface area contributed by atoms with Gasteiger partial charge in [-0.1, -0.05) is 23.9 Å². The summed E-state index contributed by atoms with van der Waals surface area (Å²) in [6.45, 7) is 0. The van der Waals surface area contributed by atoms with Gasteiger partial charge in [-0.15, -0.1) is 10.2 Å². The van der Waals surface area contributed by atoms with Crippen molar-refractivity contribution in [2.24, 2.45) is 13.0 Å². The van der Waals surface area contributed by atoms with E-state index in [2.05, 4.69) is 10.2 Å². The summed E-state index contributed by atoms with van der Waals surface area (Å²) in [7, 11) is 0.512. The minimum Gasteiger partial charge on any atom is -0.497 e. The highest BCUT2D eigenvalue weighted by Crippen LogP contribution is 2.24. The average Bonchev–Trinajstić information content (AvgIpc) is 3.15. The van der Waals surface area contributed by atoms with Crippen molar-refractivity contribution in [2.75, 3.05) is 24.4 Å². The molecule has 3 rings (SSSR count). The number of sulfone groups is 1. The lowest BCUT2D eigenvalue weighted by Gasteiger charge is -2.07. The molecule has 1 aliphatic rings. The molecule has 0 saturated carbocycles. The van der Waals surface area contributed by atoms with Gasteiger partial charge in [0.15, 0.2) is 20.8 Å². The summed E-state index contributed by atoms with van der Waals surface area (Å²) < 4.78 is 30.2. The van der Waals surface area contributed by atoms with Crippen LogP contribution >= 0.6 is 11.8 Å². The van der Waals surface area contributed by atoms with Crippen LogP contribution in [0.1, 0.15) is 22.6 Å². The lowest BCUT2D eigenvalue weighted by Crippen LogP contribution is -2.11. The largest absolute Gasteiger partial charge is 0.497 e. The third-order valence-electron chi connectivity index (χ3n) is 4.45. The van der Waals surface area contributed by atoms with Crippen LogP contribution in [0.25, 0.3) is 0 Å². The normalized spacial score (nSPS) is 18.8. The van der Waals surface area contributed by atoms with Gasteiger partial charge in [-0.05, 0) is 24.5 Å². The number of thioether (sulfide) groups is 1. The van der Waals surface area contributed by atoms with Crippen LogP contribution in [0.15, 0.2) is 29.4 Å². The molecule has 7 nitrogen and oxygen atoms in total. The van der Waals surface area contributed by atoms with Gasteiger partial charge in [0.2, 0.25) is 0 Å². The van der Waals surface area contributed by atoms with E-state index in [1.165, 1.54) is 11.8 Å². The van der Waals surface area contributed by atoms with Gasteiger partial charge in [-0.25, -0.2) is 8.42 Å². The van der Waals surface area contributed by atoms with E-state index >= 15 is 0 Å². The maximum Gasteiger partial charge on any atom is 0.191 e. The second-order valence-electron chi connectivity index (χ2n) is 6.37. The van der Waals surface area contributed by atoms with Crippen LogP contribution in [0, 0.1) is 5.92 Å². The van der Waals surface area contributed by atoms with Crippen molar-refractivity contribution in [3.05, 3.63) is 35.7 Å². The first-order valence-electron chi connectivity index (χ1n) is 8.26. The predicted molar refractivity (Wildman–Crippen MR) is 99.5 cm³/mol. The van der Waals surface area contributed by atoms with E-state index in [9.17, 15) is 13.2 Å². The molecule has 2 heterocycles. The van der Waals surface area contributed by atoms with E-state index in [1.807, 2.05) is 11.6 Å². The lowest BCUT2D eigenvalue weighted by atomic mass is 10.1. The lowest BCUT2D eigenvalue weighted by molar-refractivity contribution is 0.102. The number of carbonyl (C=O) groups is 1. The van der Waals surface area contributed by atoms with Gasteiger partial charge in [0.1, 0.15) is 11.6 Å². The van der Waals surface area contributed by atoms with Crippen molar-refractivity contribution >= 4 is 27.4 Å². The zero-order valence-electron chi connectivity index (χ0n) is 14.7. The third kappa shape index (κ3) is 4.45. The molecule has 0 aliphatic carbocycles. The van der Waals surface area contributed by atoms with Crippen LogP contribution in [0.5, 0.6) is 5.75 Å². The van der Waals surface area contributed by atoms with Gasteiger partial charge in [0.25, 0.3) is 0 Å². The summed E-state index contributed by atoms with van der Waals surface area (Å²) in [4.78, 5) is 12.4. The number of rotatable bonds is 7. The molecule has 2 aromatic rings. The van der Waals surface area contributed by atoms with Crippen molar-refractivity contribution in [3.8, 4) is 5.75 Å². The van der Waals surface area contributed by atoms with Gasteiger partial charge < -0.3 is 9.30 Å². The van der Waals surface area contributed by atoms with E-state index in [1.54, 1.807) is 31.4 Å². The van der Waals surface area contributed by atoms with Gasteiger partial charge in [0.05, 0.1) is 24.4 Å². The fraction of sp³-hybridized carbons (Fsp3) is 0.471. The minimum atomic E-state index is -2.90. The Balaban J connectivity index is 1.60. The number of hydrogen-bond acceptors (Lipinski definition) is 7. The molecule has 0 N–H and O–H groups in total. The molecule has 0 amide bonds. The summed E-state index contributed by atoms with van der Waals surface area (Å²) >= 11 is 1.32. The maximum absolute atomic E-state index is 12.4. The third-order valence-corrected chi connectivity index (χ3v) is 7.30. The molecule has 1 saturated heterocycles. The molecular weight excluding hydrogens is 374 g/mol. The number of methoxy groups -OCH3 is 1. The van der Waals surface area contributed by atoms with Crippen molar-refractivity contribution in [1.29, 1.82) is 0 Å². The first-order chi connectivity index (χ1) is 12.4. The molecule has 1 aromatic carbocycles. The molecule has 0 radical (unpaired) electrons. The molecule has 0 spiro atoms. The van der Waals surface area contributed by atoms with Crippen LogP contribution in [0.3, 0.4) is 0 Å². The smallest absolute Gasteiger partial charge is 0.191 e. The number of benzene rings is 1. The molecule has 1 fully saturated rings. The fourth-order valence-electron chi connectivity index (χ4n) is 2.95. The Morgan fingerprint density at radius 2 is 2.19 bits per heavy atom. The minimum absolute atomic E-state index is 0.0136. The van der Waals surface area contributed by atoms with Crippen molar-refractivity contribution in [3.63, 3.8) is 0 Å². The maximum atomic E-state index is 12.4. The molecule has 9 heteroatoms. The highest BCUT2D eigenvalue weighted by Gasteiger charge is 2.29. The number of Topliss-reactive ketones (excluding diaryl/α,β-unsaturated/α-hetero) is 1. The molecule has 1 unspecified atom stereocenters. The fourth-order valence-corrected chi connectivity index (χ4v) is 5.64.